The number of aromatic amines is 1. The fraction of sp³-hybridized carbons (Fsp3) is 0.556. The van der Waals surface area contributed by atoms with Crippen LogP contribution in [0.15, 0.2) is 6.20 Å². The van der Waals surface area contributed by atoms with E-state index in [0.29, 0.717) is 11.3 Å². The SMILES string of the molecule is CCc1c[nH]c(=S)n1CC(=O)N(C)C. The quantitative estimate of drug-likeness (QED) is 0.766. The predicted octanol–water partition coefficient (Wildman–Crippen LogP) is 1.20. The van der Waals surface area contributed by atoms with E-state index >= 15 is 0 Å². The molecule has 1 aromatic rings. The summed E-state index contributed by atoms with van der Waals surface area (Å²) in [6.07, 6.45) is 2.72. The highest BCUT2D eigenvalue weighted by atomic mass is 32.1. The van der Waals surface area contributed by atoms with Crippen LogP contribution in [0.25, 0.3) is 0 Å². The molecule has 5 heteroatoms. The third kappa shape index (κ3) is 2.23. The summed E-state index contributed by atoms with van der Waals surface area (Å²) < 4.78 is 2.44. The lowest BCUT2D eigenvalue weighted by Gasteiger charge is -2.12. The number of aryl methyl sites for hydroxylation is 1. The Morgan fingerprint density at radius 3 is 2.79 bits per heavy atom. The zero-order chi connectivity index (χ0) is 10.7. The normalized spacial score (nSPS) is 10.2. The Bertz CT molecular complexity index is 378. The van der Waals surface area contributed by atoms with Gasteiger partial charge in [0.2, 0.25) is 5.91 Å². The van der Waals surface area contributed by atoms with Gasteiger partial charge in [-0.05, 0) is 18.6 Å². The number of carbonyl (C=O) groups is 1. The maximum Gasteiger partial charge on any atom is 0.242 e. The molecular weight excluding hydrogens is 198 g/mol. The minimum absolute atomic E-state index is 0.0513. The van der Waals surface area contributed by atoms with E-state index in [-0.39, 0.29) is 5.91 Å². The molecule has 0 saturated heterocycles. The molecule has 0 aliphatic heterocycles. The van der Waals surface area contributed by atoms with E-state index in [4.69, 9.17) is 12.2 Å². The third-order valence-electron chi connectivity index (χ3n) is 2.11. The van der Waals surface area contributed by atoms with Crippen molar-refractivity contribution in [3.63, 3.8) is 0 Å². The number of imidazole rings is 1. The molecular formula is C9H15N3OS. The molecule has 1 N–H and O–H groups in total. The van der Waals surface area contributed by atoms with E-state index in [1.54, 1.807) is 19.0 Å². The van der Waals surface area contributed by atoms with Gasteiger partial charge in [0.05, 0.1) is 0 Å². The molecule has 0 aliphatic rings. The van der Waals surface area contributed by atoms with Crippen molar-refractivity contribution in [1.82, 2.24) is 14.5 Å². The molecule has 0 spiro atoms. The fourth-order valence-electron chi connectivity index (χ4n) is 1.17. The van der Waals surface area contributed by atoms with Crippen molar-refractivity contribution in [2.75, 3.05) is 14.1 Å². The number of hydrogen-bond donors (Lipinski definition) is 1. The van der Waals surface area contributed by atoms with Gasteiger partial charge in [0.15, 0.2) is 4.77 Å². The number of nitrogens with zero attached hydrogens (tertiary/aromatic N) is 2. The van der Waals surface area contributed by atoms with Gasteiger partial charge in [-0.3, -0.25) is 4.79 Å². The molecule has 0 fully saturated rings. The summed E-state index contributed by atoms with van der Waals surface area (Å²) >= 11 is 5.08. The Morgan fingerprint density at radius 2 is 2.29 bits per heavy atom. The lowest BCUT2D eigenvalue weighted by atomic mass is 10.3. The average Bonchev–Trinajstić information content (AvgIpc) is 2.47. The van der Waals surface area contributed by atoms with Gasteiger partial charge >= 0.3 is 0 Å². The second kappa shape index (κ2) is 4.41. The Morgan fingerprint density at radius 1 is 1.64 bits per heavy atom. The van der Waals surface area contributed by atoms with Gasteiger partial charge < -0.3 is 14.5 Å². The zero-order valence-electron chi connectivity index (χ0n) is 8.70. The Hall–Kier alpha value is -1.10. The van der Waals surface area contributed by atoms with Crippen LogP contribution < -0.4 is 0 Å². The Labute approximate surface area is 88.5 Å². The zero-order valence-corrected chi connectivity index (χ0v) is 9.52. The summed E-state index contributed by atoms with van der Waals surface area (Å²) in [5.41, 5.74) is 1.06. The van der Waals surface area contributed by atoms with Crippen LogP contribution >= 0.6 is 12.2 Å². The van der Waals surface area contributed by atoms with Crippen molar-refractivity contribution in [3.8, 4) is 0 Å². The first kappa shape index (κ1) is 11.0. The standard InChI is InChI=1S/C9H15N3OS/c1-4-7-5-10-9(14)12(7)6-8(13)11(2)3/h5H,4,6H2,1-3H3,(H,10,14). The summed E-state index contributed by atoms with van der Waals surface area (Å²) in [7, 11) is 3.48. The van der Waals surface area contributed by atoms with Crippen molar-refractivity contribution in [3.05, 3.63) is 16.7 Å². The second-order valence-electron chi connectivity index (χ2n) is 3.31. The van der Waals surface area contributed by atoms with Gasteiger partial charge in [-0.2, -0.15) is 0 Å². The van der Waals surface area contributed by atoms with Crippen molar-refractivity contribution in [2.24, 2.45) is 0 Å². The van der Waals surface area contributed by atoms with Gasteiger partial charge in [-0.25, -0.2) is 0 Å². The summed E-state index contributed by atoms with van der Waals surface area (Å²) in [5, 5.41) is 0. The van der Waals surface area contributed by atoms with Crippen molar-refractivity contribution in [1.29, 1.82) is 0 Å². The number of rotatable bonds is 3. The summed E-state index contributed by atoms with van der Waals surface area (Å²) in [6.45, 7) is 2.35. The number of hydrogen-bond acceptors (Lipinski definition) is 2. The molecule has 0 radical (unpaired) electrons. The molecule has 0 aromatic carbocycles. The van der Waals surface area contributed by atoms with Crippen LogP contribution in [0.3, 0.4) is 0 Å². The smallest absolute Gasteiger partial charge is 0.242 e. The number of H-pyrrole nitrogens is 1. The van der Waals surface area contributed by atoms with Crippen molar-refractivity contribution in [2.45, 2.75) is 19.9 Å². The van der Waals surface area contributed by atoms with Gasteiger partial charge in [-0.1, -0.05) is 6.92 Å². The Kier molecular flexibility index (Phi) is 3.46. The Balaban J connectivity index is 2.90. The van der Waals surface area contributed by atoms with Crippen LogP contribution in [0.4, 0.5) is 0 Å². The molecule has 1 aromatic heterocycles. The summed E-state index contributed by atoms with van der Waals surface area (Å²) in [5.74, 6) is 0.0513. The summed E-state index contributed by atoms with van der Waals surface area (Å²) in [4.78, 5) is 16.0. The molecule has 14 heavy (non-hydrogen) atoms. The van der Waals surface area contributed by atoms with Crippen LogP contribution in [0.5, 0.6) is 0 Å². The van der Waals surface area contributed by atoms with E-state index in [1.165, 1.54) is 0 Å². The topological polar surface area (TPSA) is 41.0 Å². The third-order valence-corrected chi connectivity index (χ3v) is 2.45. The molecule has 1 rings (SSSR count). The van der Waals surface area contributed by atoms with Crippen molar-refractivity contribution < 1.29 is 4.79 Å². The lowest BCUT2D eigenvalue weighted by molar-refractivity contribution is -0.129. The van der Waals surface area contributed by atoms with E-state index in [9.17, 15) is 4.79 Å². The molecule has 0 unspecified atom stereocenters. The van der Waals surface area contributed by atoms with Crippen LogP contribution in [-0.2, 0) is 17.8 Å². The monoisotopic (exact) mass is 213 g/mol. The molecule has 1 heterocycles. The van der Waals surface area contributed by atoms with E-state index in [1.807, 2.05) is 17.7 Å². The van der Waals surface area contributed by atoms with E-state index in [0.717, 1.165) is 12.1 Å². The number of nitrogens with one attached hydrogen (secondary N) is 1. The highest BCUT2D eigenvalue weighted by Gasteiger charge is 2.08. The molecule has 0 aliphatic carbocycles. The summed E-state index contributed by atoms with van der Waals surface area (Å²) in [6, 6.07) is 0. The van der Waals surface area contributed by atoms with Crippen LogP contribution in [0, 0.1) is 4.77 Å². The highest BCUT2D eigenvalue weighted by Crippen LogP contribution is 2.03. The van der Waals surface area contributed by atoms with Crippen LogP contribution in [0.2, 0.25) is 0 Å². The van der Waals surface area contributed by atoms with Gasteiger partial charge in [0.1, 0.15) is 6.54 Å². The number of aromatic nitrogens is 2. The van der Waals surface area contributed by atoms with Gasteiger partial charge in [0.25, 0.3) is 0 Å². The van der Waals surface area contributed by atoms with Gasteiger partial charge in [0, 0.05) is 26.0 Å². The minimum Gasteiger partial charge on any atom is -0.347 e. The first-order valence-electron chi connectivity index (χ1n) is 4.53. The molecule has 1 amide bonds. The van der Waals surface area contributed by atoms with E-state index < -0.39 is 0 Å². The molecule has 78 valence electrons. The maximum atomic E-state index is 11.5. The number of carbonyl (C=O) groups excluding carboxylic acids is 1. The largest absolute Gasteiger partial charge is 0.347 e. The van der Waals surface area contributed by atoms with Crippen LogP contribution in [-0.4, -0.2) is 34.5 Å². The molecule has 0 saturated carbocycles. The second-order valence-corrected chi connectivity index (χ2v) is 3.70. The molecule has 0 bridgehead atoms. The fourth-order valence-corrected chi connectivity index (χ4v) is 1.41. The predicted molar refractivity (Wildman–Crippen MR) is 57.7 cm³/mol. The molecule has 0 atom stereocenters. The first-order valence-corrected chi connectivity index (χ1v) is 4.94. The minimum atomic E-state index is 0.0513. The maximum absolute atomic E-state index is 11.5. The lowest BCUT2D eigenvalue weighted by Crippen LogP contribution is -2.26. The van der Waals surface area contributed by atoms with E-state index in [2.05, 4.69) is 4.98 Å². The first-order chi connectivity index (χ1) is 6.56. The van der Waals surface area contributed by atoms with Crippen molar-refractivity contribution >= 4 is 18.1 Å². The highest BCUT2D eigenvalue weighted by molar-refractivity contribution is 7.71. The number of likely N-dealkylation sites (N-methyl/N-ethyl adjacent to an activating group) is 1. The molecule has 4 nitrogen and oxygen atoms in total. The number of amides is 1. The average molecular weight is 213 g/mol. The van der Waals surface area contributed by atoms with Gasteiger partial charge in [-0.15, -0.1) is 0 Å². The van der Waals surface area contributed by atoms with Crippen LogP contribution in [0.1, 0.15) is 12.6 Å².